The molecule has 0 unspecified atom stereocenters. The van der Waals surface area contributed by atoms with E-state index in [4.69, 9.17) is 11.0 Å². The van der Waals surface area contributed by atoms with Gasteiger partial charge in [-0.1, -0.05) is 5.16 Å². The zero-order valence-electron chi connectivity index (χ0n) is 11.4. The lowest BCUT2D eigenvalue weighted by Crippen LogP contribution is -2.35. The van der Waals surface area contributed by atoms with E-state index in [1.807, 2.05) is 5.43 Å². The zero-order chi connectivity index (χ0) is 16.8. The Morgan fingerprint density at radius 3 is 2.91 bits per heavy atom. The summed E-state index contributed by atoms with van der Waals surface area (Å²) in [6.07, 6.45) is 0. The Morgan fingerprint density at radius 2 is 2.26 bits per heavy atom. The molecule has 6 N–H and O–H groups in total. The number of nitrogens with two attached hydrogens (primary N) is 1. The fourth-order valence-corrected chi connectivity index (χ4v) is 1.90. The van der Waals surface area contributed by atoms with Crippen LogP contribution in [0.4, 0.5) is 15.9 Å². The van der Waals surface area contributed by atoms with E-state index in [0.717, 1.165) is 0 Å². The van der Waals surface area contributed by atoms with Gasteiger partial charge in [-0.05, 0) is 44.4 Å². The molecule has 1 amide bonds. The maximum atomic E-state index is 13.2. The molecule has 0 aliphatic carbocycles. The number of rotatable bonds is 5. The number of carbonyl (C=O) groups is 1. The first-order valence-corrected chi connectivity index (χ1v) is 6.84. The highest BCUT2D eigenvalue weighted by molar-refractivity contribution is 9.10. The van der Waals surface area contributed by atoms with E-state index < -0.39 is 11.7 Å². The quantitative estimate of drug-likeness (QED) is 0.125. The molecule has 2 rings (SSSR count). The molecule has 10 nitrogen and oxygen atoms in total. The van der Waals surface area contributed by atoms with Gasteiger partial charge in [0.1, 0.15) is 5.82 Å². The highest BCUT2D eigenvalue weighted by Crippen LogP contribution is 2.21. The minimum Gasteiger partial charge on any atom is -0.409 e. The van der Waals surface area contributed by atoms with Gasteiger partial charge in [-0.15, -0.1) is 0 Å². The van der Waals surface area contributed by atoms with Gasteiger partial charge in [0.25, 0.3) is 5.91 Å². The van der Waals surface area contributed by atoms with Crippen LogP contribution in [0.1, 0.15) is 5.69 Å². The number of carbonyl (C=O) groups excluding carboxylic acids is 1. The second-order valence-electron chi connectivity index (χ2n) is 4.08. The van der Waals surface area contributed by atoms with Crippen molar-refractivity contribution in [3.8, 4) is 0 Å². The third-order valence-corrected chi connectivity index (χ3v) is 3.18. The van der Waals surface area contributed by atoms with E-state index in [0.29, 0.717) is 5.69 Å². The Labute approximate surface area is 137 Å². The van der Waals surface area contributed by atoms with E-state index in [1.165, 1.54) is 18.2 Å². The Balaban J connectivity index is 2.17. The minimum atomic E-state index is -0.503. The van der Waals surface area contributed by atoms with E-state index in [-0.39, 0.29) is 28.4 Å². The molecule has 2 aromatic rings. The van der Waals surface area contributed by atoms with E-state index in [1.54, 1.807) is 0 Å². The summed E-state index contributed by atoms with van der Waals surface area (Å²) >= 11 is 3.04. The summed E-state index contributed by atoms with van der Waals surface area (Å²) in [5, 5.41) is 24.6. The summed E-state index contributed by atoms with van der Waals surface area (Å²) in [7, 11) is 0. The van der Waals surface area contributed by atoms with Crippen molar-refractivity contribution in [2.24, 2.45) is 11.0 Å². The smallest absolute Gasteiger partial charge is 0.253 e. The van der Waals surface area contributed by atoms with Crippen molar-refractivity contribution in [1.29, 1.82) is 0 Å². The highest BCUT2D eigenvalue weighted by atomic mass is 79.9. The average molecular weight is 388 g/mol. The molecular weight excluding hydrogens is 377 g/mol. The van der Waals surface area contributed by atoms with E-state index in [9.17, 15) is 9.18 Å². The van der Waals surface area contributed by atoms with Crippen molar-refractivity contribution in [3.05, 3.63) is 34.2 Å². The number of hydrogen-bond donors (Lipinski definition) is 5. The van der Waals surface area contributed by atoms with Crippen LogP contribution in [0.15, 0.2) is 32.5 Å². The van der Waals surface area contributed by atoms with Crippen LogP contribution in [-0.2, 0) is 4.79 Å². The van der Waals surface area contributed by atoms with Gasteiger partial charge in [0.05, 0.1) is 11.0 Å². The molecule has 122 valence electrons. The molecule has 0 bridgehead atoms. The average Bonchev–Trinajstić information content (AvgIpc) is 3.01. The largest absolute Gasteiger partial charge is 0.409 e. The summed E-state index contributed by atoms with van der Waals surface area (Å²) in [6.45, 7) is -0.196. The van der Waals surface area contributed by atoms with Crippen LogP contribution in [0, 0.1) is 5.82 Å². The zero-order valence-corrected chi connectivity index (χ0v) is 13.0. The molecule has 12 heteroatoms. The molecule has 23 heavy (non-hydrogen) atoms. The van der Waals surface area contributed by atoms with E-state index >= 15 is 0 Å². The summed E-state index contributed by atoms with van der Waals surface area (Å²) in [4.78, 5) is 11.1. The van der Waals surface area contributed by atoms with Gasteiger partial charge in [-0.25, -0.2) is 14.9 Å². The number of nitrogens with zero attached hydrogens (tertiary/aromatic N) is 3. The van der Waals surface area contributed by atoms with E-state index in [2.05, 4.69) is 46.7 Å². The molecule has 0 saturated carbocycles. The topological polar surface area (TPSA) is 151 Å². The van der Waals surface area contributed by atoms with Crippen LogP contribution in [-0.4, -0.2) is 33.8 Å². The number of oxime groups is 1. The third kappa shape index (κ3) is 4.14. The summed E-state index contributed by atoms with van der Waals surface area (Å²) in [6, 6.07) is 4.07. The molecule has 1 aromatic heterocycles. The number of nitrogens with one attached hydrogen (secondary N) is 3. The van der Waals surface area contributed by atoms with Crippen LogP contribution in [0.2, 0.25) is 0 Å². The lowest BCUT2D eigenvalue weighted by Gasteiger charge is -2.08. The van der Waals surface area contributed by atoms with Crippen molar-refractivity contribution in [2.45, 2.75) is 0 Å². The van der Waals surface area contributed by atoms with Gasteiger partial charge in [0.2, 0.25) is 11.7 Å². The Morgan fingerprint density at radius 1 is 1.48 bits per heavy atom. The number of hydrazine groups is 1. The van der Waals surface area contributed by atoms with Crippen LogP contribution in [0.25, 0.3) is 0 Å². The summed E-state index contributed by atoms with van der Waals surface area (Å²) in [5.74, 6) is 3.93. The first-order valence-electron chi connectivity index (χ1n) is 6.05. The summed E-state index contributed by atoms with van der Waals surface area (Å²) < 4.78 is 18.0. The second-order valence-corrected chi connectivity index (χ2v) is 4.94. The molecule has 1 aromatic carbocycles. The Hall–Kier alpha value is -2.73. The molecule has 0 radical (unpaired) electrons. The lowest BCUT2D eigenvalue weighted by molar-refractivity contribution is -0.119. The van der Waals surface area contributed by atoms with Gasteiger partial charge in [0, 0.05) is 5.69 Å². The van der Waals surface area contributed by atoms with Crippen molar-refractivity contribution in [1.82, 2.24) is 15.7 Å². The third-order valence-electron chi connectivity index (χ3n) is 2.57. The van der Waals surface area contributed by atoms with Gasteiger partial charge in [0.15, 0.2) is 5.69 Å². The van der Waals surface area contributed by atoms with Gasteiger partial charge < -0.3 is 15.8 Å². The molecule has 0 fully saturated rings. The SMILES string of the molecule is NNC(=O)CNc1nonc1/C(=N/O)Nc1ccc(F)c(Br)c1. The van der Waals surface area contributed by atoms with Gasteiger partial charge in [-0.2, -0.15) is 0 Å². The predicted molar refractivity (Wildman–Crippen MR) is 81.2 cm³/mol. The molecule has 1 heterocycles. The van der Waals surface area contributed by atoms with Crippen molar-refractivity contribution < 1.29 is 19.0 Å². The second kappa shape index (κ2) is 7.51. The highest BCUT2D eigenvalue weighted by Gasteiger charge is 2.18. The van der Waals surface area contributed by atoms with Crippen LogP contribution in [0.5, 0.6) is 0 Å². The van der Waals surface area contributed by atoms with Crippen molar-refractivity contribution >= 4 is 39.2 Å². The number of amidine groups is 1. The number of anilines is 2. The Bertz CT molecular complexity index is 736. The number of benzene rings is 1. The first-order chi connectivity index (χ1) is 11.0. The monoisotopic (exact) mass is 387 g/mol. The molecule has 0 atom stereocenters. The summed E-state index contributed by atoms with van der Waals surface area (Å²) in [5.41, 5.74) is 2.35. The van der Waals surface area contributed by atoms with Gasteiger partial charge >= 0.3 is 0 Å². The Kier molecular flexibility index (Phi) is 5.43. The van der Waals surface area contributed by atoms with Gasteiger partial charge in [-0.3, -0.25) is 10.2 Å². The molecule has 0 aliphatic heterocycles. The normalized spacial score (nSPS) is 11.2. The van der Waals surface area contributed by atoms with Crippen molar-refractivity contribution in [2.75, 3.05) is 17.2 Å². The van der Waals surface area contributed by atoms with Crippen LogP contribution >= 0.6 is 15.9 Å². The molecular formula is C11H11BrFN7O3. The number of hydrogen-bond acceptors (Lipinski definition) is 8. The molecule has 0 aliphatic rings. The molecule has 0 spiro atoms. The number of aromatic nitrogens is 2. The fourth-order valence-electron chi connectivity index (χ4n) is 1.52. The maximum Gasteiger partial charge on any atom is 0.253 e. The van der Waals surface area contributed by atoms with Crippen molar-refractivity contribution in [3.63, 3.8) is 0 Å². The standard InChI is InChI=1S/C11H11BrFN7O3/c12-6-3-5(1-2-7(6)13)16-11(18-22)9-10(20-23-19-9)15-4-8(21)17-14/h1-3,22H,4,14H2,(H,15,20)(H,16,18)(H,17,21). The maximum absolute atomic E-state index is 13.2. The lowest BCUT2D eigenvalue weighted by atomic mass is 10.3. The predicted octanol–water partition coefficient (Wildman–Crippen LogP) is 0.621. The minimum absolute atomic E-state index is 0.0118. The number of halogens is 2. The van der Waals surface area contributed by atoms with Crippen LogP contribution in [0.3, 0.4) is 0 Å². The van der Waals surface area contributed by atoms with Crippen LogP contribution < -0.4 is 21.9 Å². The first kappa shape index (κ1) is 16.6. The molecule has 0 saturated heterocycles. The fraction of sp³-hybridized carbons (Fsp3) is 0.0909. The number of amides is 1.